The van der Waals surface area contributed by atoms with E-state index >= 15 is 0 Å². The number of amides is 1. The molecule has 1 aromatic heterocycles. The number of nitrogens with one attached hydrogen (secondary N) is 1. The number of nitrogens with zero attached hydrogens (tertiary/aromatic N) is 4. The van der Waals surface area contributed by atoms with Crippen molar-refractivity contribution in [2.45, 2.75) is 26.9 Å². The zero-order chi connectivity index (χ0) is 19.6. The van der Waals surface area contributed by atoms with Crippen molar-refractivity contribution in [3.63, 3.8) is 0 Å². The lowest BCUT2D eigenvalue weighted by atomic mass is 10.1. The van der Waals surface area contributed by atoms with Gasteiger partial charge in [-0.25, -0.2) is 8.78 Å². The van der Waals surface area contributed by atoms with Gasteiger partial charge in [-0.2, -0.15) is 4.68 Å². The van der Waals surface area contributed by atoms with Crippen LogP contribution in [0.25, 0.3) is 5.69 Å². The molecule has 0 fully saturated rings. The van der Waals surface area contributed by atoms with E-state index in [9.17, 15) is 13.6 Å². The van der Waals surface area contributed by atoms with Crippen LogP contribution in [0.4, 0.5) is 14.5 Å². The number of ether oxygens (including phenoxy) is 1. The van der Waals surface area contributed by atoms with Gasteiger partial charge in [-0.1, -0.05) is 6.07 Å². The van der Waals surface area contributed by atoms with Gasteiger partial charge in [0.25, 0.3) is 5.91 Å². The molecular formula is C18H17F2N5O2. The SMILES string of the molecule is Cc1ccc(NC(=O)C(C)Oc2ccc(F)c(F)c2)cc1-n1nnnc1C. The Morgan fingerprint density at radius 3 is 2.59 bits per heavy atom. The van der Waals surface area contributed by atoms with Gasteiger partial charge in [0, 0.05) is 11.8 Å². The predicted octanol–water partition coefficient (Wildman–Crippen LogP) is 2.96. The molecule has 7 nitrogen and oxygen atoms in total. The summed E-state index contributed by atoms with van der Waals surface area (Å²) < 4.78 is 33.2. The fraction of sp³-hybridized carbons (Fsp3) is 0.222. The van der Waals surface area contributed by atoms with E-state index in [2.05, 4.69) is 20.8 Å². The quantitative estimate of drug-likeness (QED) is 0.744. The van der Waals surface area contributed by atoms with E-state index in [-0.39, 0.29) is 5.75 Å². The Morgan fingerprint density at radius 1 is 1.15 bits per heavy atom. The lowest BCUT2D eigenvalue weighted by Crippen LogP contribution is -2.30. The number of halogens is 2. The van der Waals surface area contributed by atoms with Gasteiger partial charge in [0.15, 0.2) is 23.6 Å². The molecule has 0 aliphatic carbocycles. The monoisotopic (exact) mass is 373 g/mol. The van der Waals surface area contributed by atoms with E-state index in [0.717, 1.165) is 23.4 Å². The van der Waals surface area contributed by atoms with Crippen LogP contribution in [0.1, 0.15) is 18.3 Å². The molecule has 1 amide bonds. The highest BCUT2D eigenvalue weighted by atomic mass is 19.2. The van der Waals surface area contributed by atoms with E-state index in [4.69, 9.17) is 4.74 Å². The summed E-state index contributed by atoms with van der Waals surface area (Å²) in [6.07, 6.45) is -0.922. The Hall–Kier alpha value is -3.36. The maximum absolute atomic E-state index is 13.3. The Bertz CT molecular complexity index is 990. The van der Waals surface area contributed by atoms with Gasteiger partial charge < -0.3 is 10.1 Å². The van der Waals surface area contributed by atoms with Crippen molar-refractivity contribution in [3.05, 3.63) is 59.4 Å². The zero-order valence-corrected chi connectivity index (χ0v) is 14.9. The van der Waals surface area contributed by atoms with Crippen LogP contribution >= 0.6 is 0 Å². The molecule has 1 N–H and O–H groups in total. The number of hydrogen-bond donors (Lipinski definition) is 1. The van der Waals surface area contributed by atoms with Crippen molar-refractivity contribution >= 4 is 11.6 Å². The van der Waals surface area contributed by atoms with Crippen LogP contribution in [-0.4, -0.2) is 32.2 Å². The second kappa shape index (κ2) is 7.48. The van der Waals surface area contributed by atoms with Crippen molar-refractivity contribution in [3.8, 4) is 11.4 Å². The average Bonchev–Trinajstić information content (AvgIpc) is 3.05. The molecule has 0 bridgehead atoms. The molecule has 0 spiro atoms. The van der Waals surface area contributed by atoms with Crippen LogP contribution in [0.15, 0.2) is 36.4 Å². The fourth-order valence-electron chi connectivity index (χ4n) is 2.42. The fourth-order valence-corrected chi connectivity index (χ4v) is 2.42. The van der Waals surface area contributed by atoms with E-state index in [1.54, 1.807) is 23.7 Å². The van der Waals surface area contributed by atoms with Crippen molar-refractivity contribution in [1.29, 1.82) is 0 Å². The summed E-state index contributed by atoms with van der Waals surface area (Å²) in [4.78, 5) is 12.4. The number of benzene rings is 2. The van der Waals surface area contributed by atoms with Gasteiger partial charge in [-0.15, -0.1) is 5.10 Å². The first-order valence-corrected chi connectivity index (χ1v) is 8.13. The van der Waals surface area contributed by atoms with Gasteiger partial charge in [-0.3, -0.25) is 4.79 Å². The standard InChI is InChI=1S/C18H17F2N5O2/c1-10-4-5-13(8-17(10)25-12(3)22-23-24-25)21-18(26)11(2)27-14-6-7-15(19)16(20)9-14/h4-9,11H,1-3H3,(H,21,26). The molecule has 1 atom stereocenters. The lowest BCUT2D eigenvalue weighted by Gasteiger charge is -2.16. The average molecular weight is 373 g/mol. The third kappa shape index (κ3) is 4.08. The summed E-state index contributed by atoms with van der Waals surface area (Å²) in [6, 6.07) is 8.39. The van der Waals surface area contributed by atoms with Crippen molar-refractivity contribution in [2.24, 2.45) is 0 Å². The highest BCUT2D eigenvalue weighted by Crippen LogP contribution is 2.21. The van der Waals surface area contributed by atoms with E-state index < -0.39 is 23.6 Å². The second-order valence-corrected chi connectivity index (χ2v) is 5.96. The molecule has 3 aromatic rings. The van der Waals surface area contributed by atoms with Gasteiger partial charge >= 0.3 is 0 Å². The summed E-state index contributed by atoms with van der Waals surface area (Å²) >= 11 is 0. The van der Waals surface area contributed by atoms with E-state index in [1.807, 2.05) is 13.0 Å². The van der Waals surface area contributed by atoms with Crippen molar-refractivity contribution in [2.75, 3.05) is 5.32 Å². The van der Waals surface area contributed by atoms with Crippen LogP contribution in [0.2, 0.25) is 0 Å². The molecule has 0 saturated carbocycles. The van der Waals surface area contributed by atoms with Crippen molar-refractivity contribution < 1.29 is 18.3 Å². The third-order valence-electron chi connectivity index (χ3n) is 3.90. The summed E-state index contributed by atoms with van der Waals surface area (Å²) in [6.45, 7) is 5.18. The molecule has 1 unspecified atom stereocenters. The molecule has 0 saturated heterocycles. The van der Waals surface area contributed by atoms with E-state index in [0.29, 0.717) is 11.5 Å². The lowest BCUT2D eigenvalue weighted by molar-refractivity contribution is -0.122. The first-order valence-electron chi connectivity index (χ1n) is 8.13. The first-order chi connectivity index (χ1) is 12.8. The maximum atomic E-state index is 13.3. The van der Waals surface area contributed by atoms with Gasteiger partial charge in [0.1, 0.15) is 5.75 Å². The third-order valence-corrected chi connectivity index (χ3v) is 3.90. The predicted molar refractivity (Wildman–Crippen MR) is 93.7 cm³/mol. The number of carbonyl (C=O) groups is 1. The summed E-state index contributed by atoms with van der Waals surface area (Å²) in [5.74, 6) is -1.80. The number of rotatable bonds is 5. The molecule has 140 valence electrons. The summed E-state index contributed by atoms with van der Waals surface area (Å²) in [7, 11) is 0. The van der Waals surface area contributed by atoms with Crippen LogP contribution < -0.4 is 10.1 Å². The van der Waals surface area contributed by atoms with Crippen LogP contribution in [0.5, 0.6) is 5.75 Å². The normalized spacial score (nSPS) is 11.9. The number of anilines is 1. The summed E-state index contributed by atoms with van der Waals surface area (Å²) in [5.41, 5.74) is 2.18. The topological polar surface area (TPSA) is 81.9 Å². The minimum atomic E-state index is -1.04. The molecule has 27 heavy (non-hydrogen) atoms. The number of carbonyl (C=O) groups excluding carboxylic acids is 1. The zero-order valence-electron chi connectivity index (χ0n) is 14.9. The molecule has 0 aliphatic heterocycles. The number of aromatic nitrogens is 4. The Morgan fingerprint density at radius 2 is 1.93 bits per heavy atom. The number of hydrogen-bond acceptors (Lipinski definition) is 5. The summed E-state index contributed by atoms with van der Waals surface area (Å²) in [5, 5.41) is 14.1. The molecule has 9 heteroatoms. The Labute approximate surface area is 154 Å². The van der Waals surface area contributed by atoms with Crippen LogP contribution in [0, 0.1) is 25.5 Å². The minimum absolute atomic E-state index is 0.0606. The van der Waals surface area contributed by atoms with Crippen LogP contribution in [0.3, 0.4) is 0 Å². The molecule has 0 radical (unpaired) electrons. The Kier molecular flexibility index (Phi) is 5.11. The largest absolute Gasteiger partial charge is 0.481 e. The molecule has 1 heterocycles. The van der Waals surface area contributed by atoms with Gasteiger partial charge in [0.05, 0.1) is 5.69 Å². The second-order valence-electron chi connectivity index (χ2n) is 5.96. The van der Waals surface area contributed by atoms with Crippen LogP contribution in [-0.2, 0) is 4.79 Å². The molecule has 0 aliphatic rings. The highest BCUT2D eigenvalue weighted by molar-refractivity contribution is 5.94. The minimum Gasteiger partial charge on any atom is -0.481 e. The number of aryl methyl sites for hydroxylation is 2. The van der Waals surface area contributed by atoms with E-state index in [1.165, 1.54) is 13.0 Å². The first kappa shape index (κ1) is 18.4. The molecule has 3 rings (SSSR count). The maximum Gasteiger partial charge on any atom is 0.265 e. The Balaban J connectivity index is 1.73. The molecule has 2 aromatic carbocycles. The highest BCUT2D eigenvalue weighted by Gasteiger charge is 2.17. The van der Waals surface area contributed by atoms with Gasteiger partial charge in [-0.05, 0) is 61.0 Å². The van der Waals surface area contributed by atoms with Crippen molar-refractivity contribution in [1.82, 2.24) is 20.2 Å². The number of tetrazole rings is 1. The smallest absolute Gasteiger partial charge is 0.265 e. The molecular weight excluding hydrogens is 356 g/mol. The van der Waals surface area contributed by atoms with Gasteiger partial charge in [0.2, 0.25) is 0 Å².